The first kappa shape index (κ1) is 40.8. The number of aryl methyl sites for hydroxylation is 4. The zero-order valence-corrected chi connectivity index (χ0v) is 36.7. The fraction of sp³-hybridized carbons (Fsp3) is 0.0714. The van der Waals surface area contributed by atoms with Crippen LogP contribution in [0.4, 0.5) is 8.78 Å². The van der Waals surface area contributed by atoms with Gasteiger partial charge in [0.05, 0.1) is 11.0 Å². The molecular weight excluding hydrogens is 973 g/mol. The van der Waals surface area contributed by atoms with Crippen LogP contribution >= 0.6 is 0 Å². The topological polar surface area (TPSA) is 56.0 Å². The molecule has 11 aromatic rings. The number of rotatable bonds is 10. The summed E-state index contributed by atoms with van der Waals surface area (Å²) in [4.78, 5) is 19.6. The Morgan fingerprint density at radius 1 is 0.500 bits per heavy atom. The third kappa shape index (κ3) is 7.98. The van der Waals surface area contributed by atoms with Gasteiger partial charge in [-0.2, -0.15) is 0 Å². The number of benzene rings is 6. The Morgan fingerprint density at radius 2 is 1.09 bits per heavy atom. The molecule has 0 saturated heterocycles. The van der Waals surface area contributed by atoms with E-state index in [9.17, 15) is 8.78 Å². The average Bonchev–Trinajstić information content (AvgIpc) is 3.74. The van der Waals surface area contributed by atoms with Gasteiger partial charge in [-0.3, -0.25) is 8.78 Å². The third-order valence-corrected chi connectivity index (χ3v) is 11.8. The molecule has 5 heterocycles. The van der Waals surface area contributed by atoms with Crippen molar-refractivity contribution in [1.29, 1.82) is 0 Å². The van der Waals surface area contributed by atoms with Crippen molar-refractivity contribution in [2.24, 2.45) is 0 Å². The molecule has 0 atom stereocenters. The Kier molecular flexibility index (Phi) is 11.1. The molecule has 0 aliphatic heterocycles. The summed E-state index contributed by atoms with van der Waals surface area (Å²) >= 11 is 0. The molecule has 0 spiro atoms. The maximum Gasteiger partial charge on any atom is 3.00 e. The van der Waals surface area contributed by atoms with E-state index in [-0.39, 0.29) is 31.7 Å². The molecule has 0 saturated carbocycles. The van der Waals surface area contributed by atoms with E-state index in [2.05, 4.69) is 117 Å². The van der Waals surface area contributed by atoms with Crippen molar-refractivity contribution in [3.8, 4) is 44.8 Å². The van der Waals surface area contributed by atoms with Gasteiger partial charge in [-0.25, -0.2) is 4.98 Å². The fourth-order valence-electron chi connectivity index (χ4n) is 8.60. The van der Waals surface area contributed by atoms with Crippen molar-refractivity contribution in [2.75, 3.05) is 0 Å². The van der Waals surface area contributed by atoms with Crippen LogP contribution in [-0.4, -0.2) is 24.3 Å². The molecule has 0 fully saturated rings. The van der Waals surface area contributed by atoms with E-state index in [0.717, 1.165) is 120 Å². The summed E-state index contributed by atoms with van der Waals surface area (Å²) in [5.41, 5.74) is 16.8. The zero-order valence-electron chi connectivity index (χ0n) is 34.3. The van der Waals surface area contributed by atoms with E-state index in [1.807, 2.05) is 48.9 Å². The quantitative estimate of drug-likeness (QED) is 0.101. The predicted octanol–water partition coefficient (Wildman–Crippen LogP) is 12.9. The molecule has 308 valence electrons. The van der Waals surface area contributed by atoms with Gasteiger partial charge in [0.1, 0.15) is 5.65 Å². The zero-order chi connectivity index (χ0) is 42.3. The minimum atomic E-state index is -0.319. The van der Waals surface area contributed by atoms with Crippen molar-refractivity contribution in [1.82, 2.24) is 24.3 Å². The molecule has 0 aliphatic rings. The molecule has 0 unspecified atom stereocenters. The van der Waals surface area contributed by atoms with Crippen LogP contribution in [0, 0.1) is 29.8 Å². The van der Waals surface area contributed by atoms with E-state index in [1.54, 1.807) is 12.1 Å². The van der Waals surface area contributed by atoms with Crippen molar-refractivity contribution in [2.45, 2.75) is 25.7 Å². The predicted molar refractivity (Wildman–Crippen MR) is 247 cm³/mol. The molecule has 6 aromatic carbocycles. The van der Waals surface area contributed by atoms with E-state index >= 15 is 0 Å². The second-order valence-corrected chi connectivity index (χ2v) is 15.8. The van der Waals surface area contributed by atoms with E-state index in [1.165, 1.54) is 35.4 Å². The first-order chi connectivity index (χ1) is 31.0. The summed E-state index contributed by atoms with van der Waals surface area (Å²) in [5.74, 6) is -0.637. The van der Waals surface area contributed by atoms with Gasteiger partial charge < -0.3 is 19.4 Å². The van der Waals surface area contributed by atoms with Crippen LogP contribution < -0.4 is 0 Å². The second-order valence-electron chi connectivity index (χ2n) is 15.8. The molecule has 0 amide bonds. The number of pyridine rings is 4. The third-order valence-electron chi connectivity index (χ3n) is 11.8. The molecule has 0 bridgehead atoms. The molecule has 8 heteroatoms. The second kappa shape index (κ2) is 17.5. The van der Waals surface area contributed by atoms with Gasteiger partial charge in [-0.05, 0) is 105 Å². The van der Waals surface area contributed by atoms with Crippen molar-refractivity contribution >= 4 is 38.5 Å². The van der Waals surface area contributed by atoms with Gasteiger partial charge in [-0.15, -0.1) is 89.3 Å². The summed E-state index contributed by atoms with van der Waals surface area (Å²) in [6, 6.07) is 58.5. The SMILES string of the molecule is Fc1c[c-]c(-c2ccc(CCc3cc(CCc4ccc(-c5[c-]cc(F)cc5)nc4)cc(-c4ccccc4-c4cnc5c6[c-]cccc6n6c7ccccc7nc6c5c4)c3)cn2)cc1.[Ir+3]. The molecule has 0 aliphatic carbocycles. The maximum atomic E-state index is 13.5. The van der Waals surface area contributed by atoms with Crippen LogP contribution in [0.1, 0.15) is 22.3 Å². The first-order valence-electron chi connectivity index (χ1n) is 21.0. The number of aromatic nitrogens is 5. The van der Waals surface area contributed by atoms with Crippen molar-refractivity contribution < 1.29 is 28.9 Å². The number of hydrogen-bond donors (Lipinski definition) is 0. The standard InChI is InChI=1S/C56H36F2N5.Ir/c57-44-23-19-40(20-24-44)50-27-17-36(33-59-50)13-15-38-29-39(16-14-37-18-28-51(60-34-37)41-21-25-45(58)26-22-41)31-42(30-38)46-7-1-2-8-47(46)43-32-49-55(61-35-43)48-9-3-5-11-53(48)63-54-12-6-4-10-52(54)62-56(49)63;/h1-8,10-12,17-19,21,23-35H,13-16H2;/q-3;+3. The summed E-state index contributed by atoms with van der Waals surface area (Å²) in [6.07, 6.45) is 9.00. The van der Waals surface area contributed by atoms with Crippen LogP contribution in [0.25, 0.3) is 83.3 Å². The number of para-hydroxylation sites is 2. The maximum absolute atomic E-state index is 13.5. The summed E-state index contributed by atoms with van der Waals surface area (Å²) in [7, 11) is 0. The van der Waals surface area contributed by atoms with Gasteiger partial charge >= 0.3 is 20.1 Å². The number of halogens is 2. The largest absolute Gasteiger partial charge is 3.00 e. The Balaban J connectivity index is 0.00000484. The molecule has 0 radical (unpaired) electrons. The van der Waals surface area contributed by atoms with Crippen LogP contribution in [0.3, 0.4) is 0 Å². The Morgan fingerprint density at radius 3 is 1.70 bits per heavy atom. The van der Waals surface area contributed by atoms with E-state index in [4.69, 9.17) is 9.97 Å². The monoisotopic (exact) mass is 1010 g/mol. The molecular formula is C56H36F2IrN5. The minimum Gasteiger partial charge on any atom is -0.335 e. The molecule has 64 heavy (non-hydrogen) atoms. The number of imidazole rings is 1. The number of fused-ring (bicyclic) bond motifs is 8. The number of nitrogens with zero attached hydrogens (tertiary/aromatic N) is 5. The van der Waals surface area contributed by atoms with Crippen LogP contribution in [0.2, 0.25) is 0 Å². The molecule has 0 N–H and O–H groups in total. The molecule has 11 rings (SSSR count). The Hall–Kier alpha value is -7.25. The fourth-order valence-corrected chi connectivity index (χ4v) is 8.60. The van der Waals surface area contributed by atoms with Gasteiger partial charge in [0.15, 0.2) is 0 Å². The van der Waals surface area contributed by atoms with Crippen molar-refractivity contribution in [3.05, 3.63) is 222 Å². The average molecular weight is 1010 g/mol. The summed E-state index contributed by atoms with van der Waals surface area (Å²) in [5, 5.41) is 1.93. The normalized spacial score (nSPS) is 11.4. The Labute approximate surface area is 382 Å². The minimum absolute atomic E-state index is 0. The van der Waals surface area contributed by atoms with E-state index < -0.39 is 0 Å². The van der Waals surface area contributed by atoms with Gasteiger partial charge in [0.2, 0.25) is 0 Å². The van der Waals surface area contributed by atoms with E-state index in [0.29, 0.717) is 0 Å². The van der Waals surface area contributed by atoms with Gasteiger partial charge in [-0.1, -0.05) is 78.9 Å². The molecule has 5 nitrogen and oxygen atoms in total. The first-order valence-corrected chi connectivity index (χ1v) is 21.0. The van der Waals surface area contributed by atoms with Crippen LogP contribution in [0.5, 0.6) is 0 Å². The van der Waals surface area contributed by atoms with Crippen LogP contribution in [0.15, 0.2) is 170 Å². The van der Waals surface area contributed by atoms with Gasteiger partial charge in [0.25, 0.3) is 0 Å². The summed E-state index contributed by atoms with van der Waals surface area (Å²) in [6.45, 7) is 0. The molecule has 5 aromatic heterocycles. The van der Waals surface area contributed by atoms with Crippen LogP contribution in [-0.2, 0) is 45.8 Å². The Bertz CT molecular complexity index is 3350. The van der Waals surface area contributed by atoms with Gasteiger partial charge in [0, 0.05) is 41.1 Å². The summed E-state index contributed by atoms with van der Waals surface area (Å²) < 4.78 is 29.3. The van der Waals surface area contributed by atoms with Crippen molar-refractivity contribution in [3.63, 3.8) is 0 Å². The smallest absolute Gasteiger partial charge is 0.335 e. The number of hydrogen-bond acceptors (Lipinski definition) is 4.